The molecule has 1 aliphatic heterocycles. The molecule has 1 fully saturated rings. The van der Waals surface area contributed by atoms with Crippen molar-refractivity contribution in [3.05, 3.63) is 39.7 Å². The minimum absolute atomic E-state index is 0.236. The van der Waals surface area contributed by atoms with Crippen molar-refractivity contribution < 1.29 is 4.74 Å². The Kier molecular flexibility index (Phi) is 4.75. The Labute approximate surface area is 140 Å². The van der Waals surface area contributed by atoms with Crippen molar-refractivity contribution in [3.63, 3.8) is 0 Å². The Morgan fingerprint density at radius 2 is 2.17 bits per heavy atom. The first-order valence-electron chi connectivity index (χ1n) is 8.04. The van der Waals surface area contributed by atoms with Gasteiger partial charge in [-0.1, -0.05) is 0 Å². The minimum atomic E-state index is -0.236. The van der Waals surface area contributed by atoms with Gasteiger partial charge in [-0.25, -0.2) is 9.78 Å². The zero-order valence-electron chi connectivity index (χ0n) is 14.0. The van der Waals surface area contributed by atoms with Gasteiger partial charge in [0.1, 0.15) is 5.82 Å². The molecule has 0 aromatic carbocycles. The third kappa shape index (κ3) is 3.70. The Balaban J connectivity index is 1.68. The summed E-state index contributed by atoms with van der Waals surface area (Å²) in [6, 6.07) is 3.79. The maximum Gasteiger partial charge on any atom is 0.348 e. The van der Waals surface area contributed by atoms with Crippen LogP contribution in [-0.2, 0) is 11.3 Å². The lowest BCUT2D eigenvalue weighted by atomic mass is 10.0. The molecule has 8 heteroatoms. The van der Waals surface area contributed by atoms with Crippen LogP contribution in [-0.4, -0.2) is 39.3 Å². The number of nitrogens with one attached hydrogen (secondary N) is 1. The van der Waals surface area contributed by atoms with E-state index >= 15 is 0 Å². The van der Waals surface area contributed by atoms with Gasteiger partial charge in [0.25, 0.3) is 0 Å². The third-order valence-corrected chi connectivity index (χ3v) is 4.10. The molecule has 1 saturated heterocycles. The maximum absolute atomic E-state index is 11.9. The molecule has 3 N–H and O–H groups in total. The highest BCUT2D eigenvalue weighted by Crippen LogP contribution is 2.25. The normalized spacial score (nSPS) is 17.2. The molecule has 24 heavy (non-hydrogen) atoms. The lowest BCUT2D eigenvalue weighted by Gasteiger charge is -2.13. The van der Waals surface area contributed by atoms with Gasteiger partial charge in [-0.15, -0.1) is 0 Å². The van der Waals surface area contributed by atoms with E-state index in [0.29, 0.717) is 25.5 Å². The van der Waals surface area contributed by atoms with Gasteiger partial charge < -0.3 is 15.8 Å². The van der Waals surface area contributed by atoms with Gasteiger partial charge in [0.15, 0.2) is 0 Å². The van der Waals surface area contributed by atoms with E-state index in [1.165, 1.54) is 0 Å². The second-order valence-corrected chi connectivity index (χ2v) is 6.00. The molecule has 1 atom stereocenters. The van der Waals surface area contributed by atoms with E-state index in [9.17, 15) is 4.79 Å². The van der Waals surface area contributed by atoms with Crippen LogP contribution in [0.3, 0.4) is 0 Å². The molecule has 0 aliphatic carbocycles. The second-order valence-electron chi connectivity index (χ2n) is 6.00. The molecule has 0 radical (unpaired) electrons. The van der Waals surface area contributed by atoms with Gasteiger partial charge in [-0.3, -0.25) is 4.57 Å². The summed E-state index contributed by atoms with van der Waals surface area (Å²) in [7, 11) is 0. The summed E-state index contributed by atoms with van der Waals surface area (Å²) in [5.74, 6) is 1.17. The Morgan fingerprint density at radius 3 is 2.88 bits per heavy atom. The molecule has 2 aromatic rings. The Bertz CT molecular complexity index is 783. The van der Waals surface area contributed by atoms with E-state index in [2.05, 4.69) is 20.3 Å². The monoisotopic (exact) mass is 330 g/mol. The molecule has 3 heterocycles. The van der Waals surface area contributed by atoms with E-state index in [4.69, 9.17) is 10.5 Å². The van der Waals surface area contributed by atoms with Crippen molar-refractivity contribution in [2.75, 3.05) is 30.8 Å². The summed E-state index contributed by atoms with van der Waals surface area (Å²) in [4.78, 5) is 24.4. The summed E-state index contributed by atoms with van der Waals surface area (Å²) in [6.45, 7) is 6.18. The zero-order valence-corrected chi connectivity index (χ0v) is 14.0. The van der Waals surface area contributed by atoms with Crippen LogP contribution in [0, 0.1) is 13.8 Å². The lowest BCUT2D eigenvalue weighted by Crippen LogP contribution is -2.28. The molecule has 1 aliphatic rings. The Morgan fingerprint density at radius 1 is 1.33 bits per heavy atom. The van der Waals surface area contributed by atoms with Crippen LogP contribution in [0.1, 0.15) is 29.4 Å². The van der Waals surface area contributed by atoms with Crippen LogP contribution in [0.5, 0.6) is 0 Å². The highest BCUT2D eigenvalue weighted by molar-refractivity contribution is 5.41. The second kappa shape index (κ2) is 6.96. The van der Waals surface area contributed by atoms with Crippen LogP contribution in [0.2, 0.25) is 0 Å². The molecule has 128 valence electrons. The van der Waals surface area contributed by atoms with Gasteiger partial charge in [0.2, 0.25) is 5.95 Å². The predicted octanol–water partition coefficient (Wildman–Crippen LogP) is 0.848. The van der Waals surface area contributed by atoms with E-state index in [-0.39, 0.29) is 17.6 Å². The fourth-order valence-electron chi connectivity index (χ4n) is 2.90. The fraction of sp³-hybridized carbons (Fsp3) is 0.500. The van der Waals surface area contributed by atoms with E-state index in [1.54, 1.807) is 4.57 Å². The molecular weight excluding hydrogens is 308 g/mol. The molecule has 3 rings (SSSR count). The van der Waals surface area contributed by atoms with Crippen molar-refractivity contribution in [1.29, 1.82) is 0 Å². The third-order valence-electron chi connectivity index (χ3n) is 4.10. The molecule has 0 unspecified atom stereocenters. The van der Waals surface area contributed by atoms with Crippen LogP contribution in [0.4, 0.5) is 11.8 Å². The van der Waals surface area contributed by atoms with Crippen molar-refractivity contribution in [3.8, 4) is 0 Å². The fourth-order valence-corrected chi connectivity index (χ4v) is 2.90. The molecule has 8 nitrogen and oxygen atoms in total. The summed E-state index contributed by atoms with van der Waals surface area (Å²) in [5, 5.41) is 3.21. The average Bonchev–Trinajstić information content (AvgIpc) is 3.03. The van der Waals surface area contributed by atoms with Gasteiger partial charge in [-0.2, -0.15) is 9.97 Å². The minimum Gasteiger partial charge on any atom is -0.381 e. The smallest absolute Gasteiger partial charge is 0.348 e. The molecule has 0 amide bonds. The number of hydrogen-bond acceptors (Lipinski definition) is 7. The zero-order chi connectivity index (χ0) is 17.1. The van der Waals surface area contributed by atoms with Crippen molar-refractivity contribution >= 4 is 11.8 Å². The van der Waals surface area contributed by atoms with E-state index in [1.807, 2.05) is 26.0 Å². The molecule has 2 aromatic heterocycles. The number of anilines is 2. The number of aromatic nitrogens is 4. The highest BCUT2D eigenvalue weighted by Gasteiger charge is 2.20. The largest absolute Gasteiger partial charge is 0.381 e. The van der Waals surface area contributed by atoms with Crippen LogP contribution in [0.15, 0.2) is 16.9 Å². The van der Waals surface area contributed by atoms with Gasteiger partial charge in [0, 0.05) is 43.1 Å². The first kappa shape index (κ1) is 16.4. The number of aryl methyl sites for hydroxylation is 2. The highest BCUT2D eigenvalue weighted by atomic mass is 16.5. The molecule has 0 spiro atoms. The number of hydrogen-bond donors (Lipinski definition) is 2. The molecule has 0 bridgehead atoms. The van der Waals surface area contributed by atoms with Crippen molar-refractivity contribution in [2.24, 2.45) is 0 Å². The number of nitrogen functional groups attached to an aromatic ring is 1. The van der Waals surface area contributed by atoms with Gasteiger partial charge in [0.05, 0.1) is 12.3 Å². The van der Waals surface area contributed by atoms with Crippen LogP contribution >= 0.6 is 0 Å². The quantitative estimate of drug-likeness (QED) is 0.836. The average molecular weight is 330 g/mol. The molecular formula is C16H22N6O2. The van der Waals surface area contributed by atoms with Crippen LogP contribution in [0.25, 0.3) is 0 Å². The van der Waals surface area contributed by atoms with E-state index < -0.39 is 0 Å². The van der Waals surface area contributed by atoms with Crippen LogP contribution < -0.4 is 16.7 Å². The number of rotatable bonds is 5. The summed E-state index contributed by atoms with van der Waals surface area (Å²) < 4.78 is 7.03. The standard InChI is InChI=1S/C16H22N6O2/c1-10-7-11(2)22(16(23)19-10)5-4-18-14-8-13(20-15(17)21-14)12-3-6-24-9-12/h7-8,12H,3-6,9H2,1-2H3,(H3,17,18,20,21)/t12-/m0/s1. The first-order valence-corrected chi connectivity index (χ1v) is 8.04. The predicted molar refractivity (Wildman–Crippen MR) is 91.1 cm³/mol. The summed E-state index contributed by atoms with van der Waals surface area (Å²) >= 11 is 0. The SMILES string of the molecule is Cc1cc(C)n(CCNc2cc([C@H]3CCOC3)nc(N)n2)c(=O)n1. The summed E-state index contributed by atoms with van der Waals surface area (Å²) in [6.07, 6.45) is 0.944. The first-order chi connectivity index (χ1) is 11.5. The number of ether oxygens (including phenoxy) is 1. The number of nitrogens with zero attached hydrogens (tertiary/aromatic N) is 4. The molecule has 0 saturated carbocycles. The van der Waals surface area contributed by atoms with Gasteiger partial charge >= 0.3 is 5.69 Å². The topological polar surface area (TPSA) is 108 Å². The van der Waals surface area contributed by atoms with Gasteiger partial charge in [-0.05, 0) is 26.3 Å². The van der Waals surface area contributed by atoms with Crippen molar-refractivity contribution in [2.45, 2.75) is 32.7 Å². The number of nitrogens with two attached hydrogens (primary N) is 1. The maximum atomic E-state index is 11.9. The summed E-state index contributed by atoms with van der Waals surface area (Å²) in [5.41, 5.74) is 8.09. The lowest BCUT2D eigenvalue weighted by molar-refractivity contribution is 0.193. The van der Waals surface area contributed by atoms with Crippen molar-refractivity contribution in [1.82, 2.24) is 19.5 Å². The van der Waals surface area contributed by atoms with E-state index in [0.717, 1.165) is 30.1 Å². The Hall–Kier alpha value is -2.48.